The molecule has 5 nitrogen and oxygen atoms in total. The molecule has 0 aromatic heterocycles. The number of nitrogens with zero attached hydrogens (tertiary/aromatic N) is 1. The highest BCUT2D eigenvalue weighted by atomic mass is 35.5. The maximum atomic E-state index is 12.8. The van der Waals surface area contributed by atoms with Crippen LogP contribution in [0, 0.1) is 0 Å². The Bertz CT molecular complexity index is 615. The number of nitrogens with one attached hydrogen (secondary N) is 2. The van der Waals surface area contributed by atoms with Gasteiger partial charge in [0.05, 0.1) is 0 Å². The van der Waals surface area contributed by atoms with E-state index >= 15 is 0 Å². The van der Waals surface area contributed by atoms with Crippen LogP contribution in [0.15, 0.2) is 18.2 Å². The van der Waals surface area contributed by atoms with E-state index in [4.69, 9.17) is 23.2 Å². The van der Waals surface area contributed by atoms with Crippen molar-refractivity contribution >= 4 is 47.4 Å². The lowest BCUT2D eigenvalue weighted by Gasteiger charge is -2.28. The fourth-order valence-corrected chi connectivity index (χ4v) is 3.92. The Labute approximate surface area is 163 Å². The number of carbonyl (C=O) groups excluding carboxylic acids is 2. The highest BCUT2D eigenvalue weighted by Gasteiger charge is 2.35. The number of benzene rings is 1. The van der Waals surface area contributed by atoms with Crippen LogP contribution in [-0.4, -0.2) is 48.4 Å². The van der Waals surface area contributed by atoms with E-state index in [2.05, 4.69) is 10.6 Å². The minimum absolute atomic E-state index is 0. The summed E-state index contributed by atoms with van der Waals surface area (Å²) < 4.78 is 0. The summed E-state index contributed by atoms with van der Waals surface area (Å²) in [5.74, 6) is -0.263. The molecule has 2 heterocycles. The largest absolute Gasteiger partial charge is 0.350 e. The SMILES string of the molecule is Cl.O=C(NC1CCCNC1)C1CCCN1C(=O)c1cc(Cl)cc(Cl)c1. The Kier molecular flexibility index (Phi) is 7.37. The van der Waals surface area contributed by atoms with E-state index in [0.717, 1.165) is 32.4 Å². The van der Waals surface area contributed by atoms with Gasteiger partial charge in [0.15, 0.2) is 0 Å². The van der Waals surface area contributed by atoms with E-state index < -0.39 is 6.04 Å². The van der Waals surface area contributed by atoms with Crippen molar-refractivity contribution in [1.29, 1.82) is 0 Å². The average molecular weight is 407 g/mol. The molecule has 0 bridgehead atoms. The molecule has 0 spiro atoms. The van der Waals surface area contributed by atoms with E-state index in [1.807, 2.05) is 0 Å². The van der Waals surface area contributed by atoms with Crippen molar-refractivity contribution in [2.75, 3.05) is 19.6 Å². The van der Waals surface area contributed by atoms with Crippen LogP contribution in [0.4, 0.5) is 0 Å². The number of hydrogen-bond acceptors (Lipinski definition) is 3. The fourth-order valence-electron chi connectivity index (χ4n) is 3.40. The van der Waals surface area contributed by atoms with Gasteiger partial charge < -0.3 is 15.5 Å². The van der Waals surface area contributed by atoms with Gasteiger partial charge in [-0.2, -0.15) is 0 Å². The number of amides is 2. The predicted molar refractivity (Wildman–Crippen MR) is 102 cm³/mol. The first-order valence-corrected chi connectivity index (χ1v) is 9.08. The molecule has 1 aromatic rings. The quantitative estimate of drug-likeness (QED) is 0.811. The van der Waals surface area contributed by atoms with Gasteiger partial charge in [0, 0.05) is 34.7 Å². The molecule has 2 saturated heterocycles. The van der Waals surface area contributed by atoms with E-state index in [0.29, 0.717) is 28.6 Å². The molecule has 138 valence electrons. The number of likely N-dealkylation sites (tertiary alicyclic amines) is 1. The van der Waals surface area contributed by atoms with Crippen LogP contribution in [0.5, 0.6) is 0 Å². The van der Waals surface area contributed by atoms with Gasteiger partial charge >= 0.3 is 0 Å². The van der Waals surface area contributed by atoms with Crippen LogP contribution < -0.4 is 10.6 Å². The van der Waals surface area contributed by atoms with Gasteiger partial charge in [-0.1, -0.05) is 23.2 Å². The molecule has 0 aliphatic carbocycles. The van der Waals surface area contributed by atoms with Crippen molar-refractivity contribution in [3.05, 3.63) is 33.8 Å². The molecule has 2 amide bonds. The summed E-state index contributed by atoms with van der Waals surface area (Å²) in [5.41, 5.74) is 0.423. The number of rotatable bonds is 3. The normalized spacial score (nSPS) is 23.0. The molecule has 8 heteroatoms. The molecular weight excluding hydrogens is 385 g/mol. The first-order valence-electron chi connectivity index (χ1n) is 8.33. The lowest BCUT2D eigenvalue weighted by atomic mass is 10.1. The summed E-state index contributed by atoms with van der Waals surface area (Å²) in [6.07, 6.45) is 3.54. The van der Waals surface area contributed by atoms with Gasteiger partial charge in [0.2, 0.25) is 5.91 Å². The number of carbonyl (C=O) groups is 2. The molecule has 3 rings (SSSR count). The minimum atomic E-state index is -0.419. The molecule has 2 unspecified atom stereocenters. The summed E-state index contributed by atoms with van der Waals surface area (Å²) in [4.78, 5) is 27.0. The van der Waals surface area contributed by atoms with Crippen LogP contribution in [0.3, 0.4) is 0 Å². The summed E-state index contributed by atoms with van der Waals surface area (Å²) in [6, 6.07) is 4.49. The second-order valence-electron chi connectivity index (χ2n) is 6.37. The Morgan fingerprint density at radius 2 is 1.84 bits per heavy atom. The molecule has 0 saturated carbocycles. The van der Waals surface area contributed by atoms with E-state index in [1.165, 1.54) is 0 Å². The third kappa shape index (κ3) is 5.00. The molecule has 2 fully saturated rings. The zero-order valence-electron chi connectivity index (χ0n) is 13.8. The monoisotopic (exact) mass is 405 g/mol. The van der Waals surface area contributed by atoms with E-state index in [1.54, 1.807) is 23.1 Å². The lowest BCUT2D eigenvalue weighted by Crippen LogP contribution is -2.52. The van der Waals surface area contributed by atoms with Crippen LogP contribution >= 0.6 is 35.6 Å². The summed E-state index contributed by atoms with van der Waals surface area (Å²) >= 11 is 12.0. The van der Waals surface area contributed by atoms with Gasteiger partial charge in [-0.05, 0) is 50.4 Å². The Balaban J connectivity index is 0.00000225. The summed E-state index contributed by atoms with van der Waals surface area (Å²) in [5, 5.41) is 7.18. The van der Waals surface area contributed by atoms with Crippen LogP contribution in [-0.2, 0) is 4.79 Å². The molecule has 2 aliphatic heterocycles. The Hall–Kier alpha value is -1.01. The van der Waals surface area contributed by atoms with E-state index in [-0.39, 0.29) is 30.3 Å². The third-order valence-corrected chi connectivity index (χ3v) is 5.01. The van der Waals surface area contributed by atoms with Crippen molar-refractivity contribution in [1.82, 2.24) is 15.5 Å². The van der Waals surface area contributed by atoms with Gasteiger partial charge in [0.1, 0.15) is 6.04 Å². The van der Waals surface area contributed by atoms with Crippen molar-refractivity contribution < 1.29 is 9.59 Å². The fraction of sp³-hybridized carbons (Fsp3) is 0.529. The zero-order chi connectivity index (χ0) is 17.1. The molecule has 2 N–H and O–H groups in total. The first kappa shape index (κ1) is 20.3. The Morgan fingerprint density at radius 1 is 1.12 bits per heavy atom. The first-order chi connectivity index (χ1) is 11.5. The topological polar surface area (TPSA) is 61.4 Å². The van der Waals surface area contributed by atoms with Gasteiger partial charge in [-0.3, -0.25) is 9.59 Å². The average Bonchev–Trinajstić information content (AvgIpc) is 3.04. The van der Waals surface area contributed by atoms with Crippen molar-refractivity contribution in [3.63, 3.8) is 0 Å². The van der Waals surface area contributed by atoms with Gasteiger partial charge in [-0.15, -0.1) is 12.4 Å². The highest BCUT2D eigenvalue weighted by molar-refractivity contribution is 6.35. The molecule has 2 aliphatic rings. The molecule has 25 heavy (non-hydrogen) atoms. The summed E-state index contributed by atoms with van der Waals surface area (Å²) in [6.45, 7) is 2.36. The second kappa shape index (κ2) is 9.08. The maximum Gasteiger partial charge on any atom is 0.254 e. The number of hydrogen-bond donors (Lipinski definition) is 2. The maximum absolute atomic E-state index is 12.8. The zero-order valence-corrected chi connectivity index (χ0v) is 16.1. The standard InChI is InChI=1S/C17H21Cl2N3O2.ClH/c18-12-7-11(8-13(19)9-12)17(24)22-6-2-4-15(22)16(23)21-14-3-1-5-20-10-14;/h7-9,14-15,20H,1-6,10H2,(H,21,23);1H. The molecule has 0 radical (unpaired) electrons. The minimum Gasteiger partial charge on any atom is -0.350 e. The third-order valence-electron chi connectivity index (χ3n) is 4.57. The Morgan fingerprint density at radius 3 is 2.48 bits per heavy atom. The highest BCUT2D eigenvalue weighted by Crippen LogP contribution is 2.24. The van der Waals surface area contributed by atoms with Crippen molar-refractivity contribution in [2.45, 2.75) is 37.8 Å². The predicted octanol–water partition coefficient (Wildman–Crippen LogP) is 2.89. The molecule has 2 atom stereocenters. The van der Waals surface area contributed by atoms with Crippen LogP contribution in [0.1, 0.15) is 36.0 Å². The van der Waals surface area contributed by atoms with Crippen molar-refractivity contribution in [2.24, 2.45) is 0 Å². The molecular formula is C17H22Cl3N3O2. The van der Waals surface area contributed by atoms with Crippen molar-refractivity contribution in [3.8, 4) is 0 Å². The number of piperidine rings is 1. The lowest BCUT2D eigenvalue weighted by molar-refractivity contribution is -0.125. The van der Waals surface area contributed by atoms with E-state index in [9.17, 15) is 9.59 Å². The van der Waals surface area contributed by atoms with Crippen LogP contribution in [0.2, 0.25) is 10.0 Å². The summed E-state index contributed by atoms with van der Waals surface area (Å²) in [7, 11) is 0. The smallest absolute Gasteiger partial charge is 0.254 e. The van der Waals surface area contributed by atoms with Crippen LogP contribution in [0.25, 0.3) is 0 Å². The number of halogens is 3. The van der Waals surface area contributed by atoms with Gasteiger partial charge in [-0.25, -0.2) is 0 Å². The molecule has 1 aromatic carbocycles. The van der Waals surface area contributed by atoms with Gasteiger partial charge in [0.25, 0.3) is 5.91 Å². The second-order valence-corrected chi connectivity index (χ2v) is 7.24.